The maximum atomic E-state index is 12.5. The molecule has 0 fully saturated rings. The monoisotopic (exact) mass is 1120 g/mol. The van der Waals surface area contributed by atoms with Crippen molar-refractivity contribution in [3.05, 3.63) is 36.5 Å². The summed E-state index contributed by atoms with van der Waals surface area (Å²) in [6, 6.07) is -0.631. The number of rotatable bonds is 68. The minimum absolute atomic E-state index is 0.0156. The van der Waals surface area contributed by atoms with Gasteiger partial charge in [0.2, 0.25) is 5.91 Å². The van der Waals surface area contributed by atoms with Crippen LogP contribution in [-0.2, 0) is 14.3 Å². The van der Waals surface area contributed by atoms with Gasteiger partial charge in [-0.1, -0.05) is 359 Å². The van der Waals surface area contributed by atoms with E-state index in [1.165, 1.54) is 327 Å². The highest BCUT2D eigenvalue weighted by atomic mass is 16.5. The molecule has 0 aliphatic carbocycles. The molecule has 0 aromatic heterocycles. The lowest BCUT2D eigenvalue weighted by molar-refractivity contribution is -0.143. The number of nitrogens with one attached hydrogen (secondary N) is 1. The molecule has 0 radical (unpaired) electrons. The van der Waals surface area contributed by atoms with Crippen molar-refractivity contribution in [2.24, 2.45) is 0 Å². The molecule has 2 atom stereocenters. The fraction of sp³-hybridized carbons (Fsp3) is 0.892. The highest BCUT2D eigenvalue weighted by Crippen LogP contribution is 2.19. The van der Waals surface area contributed by atoms with Crippen molar-refractivity contribution in [3.63, 3.8) is 0 Å². The number of unbranched alkanes of at least 4 members (excludes halogenated alkanes) is 53. The average Bonchev–Trinajstić information content (AvgIpc) is 3.46. The summed E-state index contributed by atoms with van der Waals surface area (Å²) in [5.41, 5.74) is 0. The molecule has 472 valence electrons. The first kappa shape index (κ1) is 78.1. The molecule has 0 aliphatic rings. The number of amides is 1. The second kappa shape index (κ2) is 69.6. The van der Waals surface area contributed by atoms with Crippen molar-refractivity contribution < 1.29 is 24.5 Å². The molecule has 0 aliphatic heterocycles. The molecule has 6 heteroatoms. The number of aliphatic hydroxyl groups excluding tert-OH is 2. The molecule has 0 bridgehead atoms. The number of esters is 1. The third-order valence-corrected chi connectivity index (χ3v) is 16.9. The third-order valence-electron chi connectivity index (χ3n) is 16.9. The molecular weight excluding hydrogens is 983 g/mol. The van der Waals surface area contributed by atoms with E-state index in [4.69, 9.17) is 4.74 Å². The number of aliphatic hydroxyl groups is 2. The molecule has 1 amide bonds. The van der Waals surface area contributed by atoms with E-state index in [2.05, 4.69) is 43.5 Å². The van der Waals surface area contributed by atoms with Gasteiger partial charge in [0.25, 0.3) is 0 Å². The van der Waals surface area contributed by atoms with Crippen LogP contribution >= 0.6 is 0 Å². The second-order valence-electron chi connectivity index (χ2n) is 24.9. The van der Waals surface area contributed by atoms with Gasteiger partial charge in [-0.2, -0.15) is 0 Å². The third kappa shape index (κ3) is 65.2. The van der Waals surface area contributed by atoms with Crippen LogP contribution in [0.2, 0.25) is 0 Å². The molecule has 0 aromatic rings. The predicted molar refractivity (Wildman–Crippen MR) is 352 cm³/mol. The predicted octanol–water partition coefficient (Wildman–Crippen LogP) is 23.5. The van der Waals surface area contributed by atoms with E-state index in [1.54, 1.807) is 6.08 Å². The van der Waals surface area contributed by atoms with Crippen LogP contribution in [0.3, 0.4) is 0 Å². The van der Waals surface area contributed by atoms with Gasteiger partial charge in [-0.25, -0.2) is 0 Å². The Morgan fingerprint density at radius 3 is 0.950 bits per heavy atom. The molecule has 0 saturated carbocycles. The zero-order valence-electron chi connectivity index (χ0n) is 54.1. The van der Waals surface area contributed by atoms with Gasteiger partial charge in [0.15, 0.2) is 0 Å². The maximum absolute atomic E-state index is 12.5. The summed E-state index contributed by atoms with van der Waals surface area (Å²) in [5, 5.41) is 23.2. The van der Waals surface area contributed by atoms with Crippen molar-refractivity contribution in [3.8, 4) is 0 Å². The zero-order valence-corrected chi connectivity index (χ0v) is 54.1. The quantitative estimate of drug-likeness (QED) is 0.0320. The van der Waals surface area contributed by atoms with E-state index < -0.39 is 12.1 Å². The topological polar surface area (TPSA) is 95.9 Å². The molecule has 80 heavy (non-hydrogen) atoms. The lowest BCUT2D eigenvalue weighted by Gasteiger charge is -2.20. The summed E-state index contributed by atoms with van der Waals surface area (Å²) in [5.74, 6) is -0.0529. The normalized spacial score (nSPS) is 12.7. The molecule has 0 rings (SSSR count). The van der Waals surface area contributed by atoms with Gasteiger partial charge in [0.1, 0.15) is 0 Å². The molecule has 0 aromatic carbocycles. The Morgan fingerprint density at radius 2 is 0.625 bits per heavy atom. The van der Waals surface area contributed by atoms with E-state index in [9.17, 15) is 19.8 Å². The van der Waals surface area contributed by atoms with E-state index in [1.807, 2.05) is 6.08 Å². The largest absolute Gasteiger partial charge is 0.466 e. The maximum Gasteiger partial charge on any atom is 0.305 e. The first-order chi connectivity index (χ1) is 39.5. The van der Waals surface area contributed by atoms with Crippen LogP contribution < -0.4 is 5.32 Å². The highest BCUT2D eigenvalue weighted by Gasteiger charge is 2.18. The minimum Gasteiger partial charge on any atom is -0.466 e. The summed E-state index contributed by atoms with van der Waals surface area (Å²) in [7, 11) is 0. The highest BCUT2D eigenvalue weighted by molar-refractivity contribution is 5.76. The van der Waals surface area contributed by atoms with Crippen LogP contribution in [0.4, 0.5) is 0 Å². The van der Waals surface area contributed by atoms with Gasteiger partial charge in [0.05, 0.1) is 25.4 Å². The number of allylic oxidation sites excluding steroid dienone is 5. The Labute approximate surface area is 500 Å². The van der Waals surface area contributed by atoms with E-state index in [-0.39, 0.29) is 18.5 Å². The van der Waals surface area contributed by atoms with Gasteiger partial charge in [-0.05, 0) is 64.2 Å². The van der Waals surface area contributed by atoms with Crippen molar-refractivity contribution >= 4 is 11.9 Å². The van der Waals surface area contributed by atoms with E-state index >= 15 is 0 Å². The second-order valence-corrected chi connectivity index (χ2v) is 24.9. The first-order valence-corrected chi connectivity index (χ1v) is 36.3. The smallest absolute Gasteiger partial charge is 0.305 e. The van der Waals surface area contributed by atoms with Gasteiger partial charge in [-0.3, -0.25) is 9.59 Å². The molecular formula is C74H141NO5. The van der Waals surface area contributed by atoms with Crippen LogP contribution in [0.5, 0.6) is 0 Å². The van der Waals surface area contributed by atoms with Crippen molar-refractivity contribution in [2.75, 3.05) is 13.2 Å². The Bertz CT molecular complexity index is 1300. The summed E-state index contributed by atoms with van der Waals surface area (Å²) >= 11 is 0. The van der Waals surface area contributed by atoms with Crippen molar-refractivity contribution in [1.82, 2.24) is 5.32 Å². The average molecular weight is 1120 g/mol. The van der Waals surface area contributed by atoms with Crippen LogP contribution in [0.15, 0.2) is 36.5 Å². The molecule has 6 nitrogen and oxygen atoms in total. The van der Waals surface area contributed by atoms with Gasteiger partial charge < -0.3 is 20.3 Å². The van der Waals surface area contributed by atoms with Crippen LogP contribution in [0, 0.1) is 0 Å². The van der Waals surface area contributed by atoms with Crippen molar-refractivity contribution in [1.29, 1.82) is 0 Å². The van der Waals surface area contributed by atoms with Crippen LogP contribution in [-0.4, -0.2) is 47.4 Å². The summed E-state index contributed by atoms with van der Waals surface area (Å²) < 4.78 is 5.51. The first-order valence-electron chi connectivity index (χ1n) is 36.3. The molecule has 0 heterocycles. The number of hydrogen-bond acceptors (Lipinski definition) is 5. The van der Waals surface area contributed by atoms with Crippen LogP contribution in [0.25, 0.3) is 0 Å². The number of carbonyl (C=O) groups is 2. The van der Waals surface area contributed by atoms with Gasteiger partial charge in [0, 0.05) is 12.8 Å². The fourth-order valence-corrected chi connectivity index (χ4v) is 11.4. The van der Waals surface area contributed by atoms with E-state index in [0.29, 0.717) is 19.4 Å². The SMILES string of the molecule is CCCCCCCCCCCCCCCCC/C=C/C(O)C(CO)NC(=O)CCCCCCCCCCCCC/C=C\C/C=C\CCCCCCCCCCCOC(=O)CCCCCCCCCCCCCCCCCCCCC. The Kier molecular flexibility index (Phi) is 67.9. The molecule has 0 saturated heterocycles. The summed E-state index contributed by atoms with van der Waals surface area (Å²) in [6.07, 6.45) is 89.4. The lowest BCUT2D eigenvalue weighted by atomic mass is 10.0. The van der Waals surface area contributed by atoms with E-state index in [0.717, 1.165) is 44.9 Å². The summed E-state index contributed by atoms with van der Waals surface area (Å²) in [6.45, 7) is 4.94. The standard InChI is InChI=1S/C74H141NO5/c1-3-5-7-9-11-13-15-17-19-21-31-36-40-44-48-52-56-60-64-68-74(79)80-69-65-61-57-53-49-45-41-37-33-30-28-26-24-22-23-25-27-29-32-35-39-43-47-51-55-59-63-67-73(78)75-71(70-76)72(77)66-62-58-54-50-46-42-38-34-20-18-16-14-12-10-8-6-4-2/h22-23,26,28,62,66,71-72,76-77H,3-21,24-25,27,29-61,63-65,67-70H2,1-2H3,(H,75,78)/b23-22-,28-26-,66-62+. The summed E-state index contributed by atoms with van der Waals surface area (Å²) in [4.78, 5) is 24.6. The Hall–Kier alpha value is -1.92. The Morgan fingerprint density at radius 1 is 0.350 bits per heavy atom. The number of ether oxygens (including phenoxy) is 1. The van der Waals surface area contributed by atoms with Gasteiger partial charge in [-0.15, -0.1) is 0 Å². The Balaban J connectivity index is 3.41. The minimum atomic E-state index is -0.847. The van der Waals surface area contributed by atoms with Gasteiger partial charge >= 0.3 is 5.97 Å². The molecule has 3 N–H and O–H groups in total. The zero-order chi connectivity index (χ0) is 57.8. The lowest BCUT2D eigenvalue weighted by Crippen LogP contribution is -2.45. The number of carbonyl (C=O) groups excluding carboxylic acids is 2. The van der Waals surface area contributed by atoms with Crippen molar-refractivity contribution in [2.45, 2.75) is 411 Å². The number of hydrogen-bond donors (Lipinski definition) is 3. The molecule has 0 spiro atoms. The molecule has 2 unspecified atom stereocenters. The van der Waals surface area contributed by atoms with Crippen LogP contribution in [0.1, 0.15) is 399 Å². The fourth-order valence-electron chi connectivity index (χ4n) is 11.4.